The van der Waals surface area contributed by atoms with Gasteiger partial charge in [0.25, 0.3) is 0 Å². The van der Waals surface area contributed by atoms with Crippen LogP contribution >= 0.6 is 0 Å². The Hall–Kier alpha value is -2.66. The number of hydrogen-bond acceptors (Lipinski definition) is 2. The van der Waals surface area contributed by atoms with Crippen LogP contribution in [0, 0.1) is 5.82 Å². The van der Waals surface area contributed by atoms with Crippen molar-refractivity contribution in [1.82, 2.24) is 9.88 Å². The van der Waals surface area contributed by atoms with Crippen molar-refractivity contribution in [2.75, 3.05) is 13.1 Å². The van der Waals surface area contributed by atoms with Crippen molar-refractivity contribution in [1.29, 1.82) is 0 Å². The van der Waals surface area contributed by atoms with E-state index in [9.17, 15) is 9.18 Å². The Kier molecular flexibility index (Phi) is 5.18. The van der Waals surface area contributed by atoms with Gasteiger partial charge >= 0.3 is 0 Å². The molecule has 2 heterocycles. The molecule has 3 aromatic rings. The van der Waals surface area contributed by atoms with Gasteiger partial charge in [0.2, 0.25) is 5.91 Å². The molecule has 1 saturated heterocycles. The molecule has 1 aliphatic rings. The van der Waals surface area contributed by atoms with Gasteiger partial charge in [-0.05, 0) is 61.7 Å². The number of aryl methyl sites for hydroxylation is 1. The van der Waals surface area contributed by atoms with E-state index in [-0.39, 0.29) is 23.9 Å². The Bertz CT molecular complexity index is 970. The Balaban J connectivity index is 1.60. The van der Waals surface area contributed by atoms with Gasteiger partial charge in [-0.2, -0.15) is 0 Å². The zero-order chi connectivity index (χ0) is 19.7. The van der Waals surface area contributed by atoms with Crippen molar-refractivity contribution in [2.45, 2.75) is 38.9 Å². The number of aromatic amines is 1. The lowest BCUT2D eigenvalue weighted by Gasteiger charge is -2.35. The van der Waals surface area contributed by atoms with E-state index < -0.39 is 0 Å². The molecule has 5 heteroatoms. The molecule has 1 fully saturated rings. The maximum Gasteiger partial charge on any atom is 0.223 e. The fourth-order valence-corrected chi connectivity index (χ4v) is 4.09. The van der Waals surface area contributed by atoms with Crippen LogP contribution in [-0.2, 0) is 16.0 Å². The summed E-state index contributed by atoms with van der Waals surface area (Å²) in [6, 6.07) is 14.6. The van der Waals surface area contributed by atoms with Gasteiger partial charge in [-0.25, -0.2) is 4.39 Å². The summed E-state index contributed by atoms with van der Waals surface area (Å²) in [5, 5.41) is 1.11. The van der Waals surface area contributed by atoms with Gasteiger partial charge in [0.1, 0.15) is 5.82 Å². The van der Waals surface area contributed by atoms with Crippen molar-refractivity contribution in [3.63, 3.8) is 0 Å². The van der Waals surface area contributed by atoms with Crippen molar-refractivity contribution in [2.24, 2.45) is 0 Å². The Morgan fingerprint density at radius 3 is 2.50 bits per heavy atom. The maximum atomic E-state index is 13.4. The molecule has 1 aromatic heterocycles. The summed E-state index contributed by atoms with van der Waals surface area (Å²) in [5.74, 6) is -0.107. The second-order valence-electron chi connectivity index (χ2n) is 7.59. The molecule has 1 aliphatic heterocycles. The van der Waals surface area contributed by atoms with Gasteiger partial charge in [-0.3, -0.25) is 4.79 Å². The van der Waals surface area contributed by atoms with Crippen molar-refractivity contribution in [3.8, 4) is 11.3 Å². The smallest absolute Gasteiger partial charge is 0.223 e. The third kappa shape index (κ3) is 3.80. The van der Waals surface area contributed by atoms with Crippen LogP contribution in [0.15, 0.2) is 48.5 Å². The van der Waals surface area contributed by atoms with Gasteiger partial charge in [-0.1, -0.05) is 18.2 Å². The molecule has 28 heavy (non-hydrogen) atoms. The monoisotopic (exact) mass is 380 g/mol. The highest BCUT2D eigenvalue weighted by molar-refractivity contribution is 5.91. The number of carbonyl (C=O) groups is 1. The number of H-pyrrole nitrogens is 1. The van der Waals surface area contributed by atoms with Crippen molar-refractivity contribution in [3.05, 3.63) is 59.9 Å². The summed E-state index contributed by atoms with van der Waals surface area (Å²) in [6.45, 7) is 5.29. The first kappa shape index (κ1) is 18.7. The Morgan fingerprint density at radius 2 is 1.79 bits per heavy atom. The molecule has 0 spiro atoms. The second-order valence-corrected chi connectivity index (χ2v) is 7.59. The molecule has 2 atom stereocenters. The largest absolute Gasteiger partial charge is 0.372 e. The van der Waals surface area contributed by atoms with E-state index in [1.165, 1.54) is 12.1 Å². The molecule has 0 saturated carbocycles. The van der Waals surface area contributed by atoms with Crippen LogP contribution in [0.2, 0.25) is 0 Å². The molecule has 4 nitrogen and oxygen atoms in total. The quantitative estimate of drug-likeness (QED) is 0.722. The van der Waals surface area contributed by atoms with Crippen molar-refractivity contribution >= 4 is 16.8 Å². The van der Waals surface area contributed by atoms with E-state index in [0.717, 1.165) is 27.7 Å². The number of nitrogens with one attached hydrogen (secondary N) is 1. The molecule has 2 aromatic carbocycles. The Morgan fingerprint density at radius 1 is 1.11 bits per heavy atom. The number of morpholine rings is 1. The molecule has 1 amide bonds. The summed E-state index contributed by atoms with van der Waals surface area (Å²) >= 11 is 0. The van der Waals surface area contributed by atoms with Crippen LogP contribution in [0.25, 0.3) is 22.2 Å². The van der Waals surface area contributed by atoms with Crippen LogP contribution in [0.3, 0.4) is 0 Å². The number of nitrogens with zero attached hydrogens (tertiary/aromatic N) is 1. The first-order valence-electron chi connectivity index (χ1n) is 9.80. The number of ether oxygens (including phenoxy) is 1. The summed E-state index contributed by atoms with van der Waals surface area (Å²) in [4.78, 5) is 18.2. The predicted molar refractivity (Wildman–Crippen MR) is 109 cm³/mol. The average Bonchev–Trinajstić information content (AvgIpc) is 3.04. The normalized spacial score (nSPS) is 19.9. The summed E-state index contributed by atoms with van der Waals surface area (Å²) in [7, 11) is 0. The Labute approximate surface area is 164 Å². The van der Waals surface area contributed by atoms with E-state index in [4.69, 9.17) is 4.74 Å². The molecule has 146 valence electrons. The number of para-hydroxylation sites is 1. The van der Waals surface area contributed by atoms with Gasteiger partial charge in [0, 0.05) is 36.1 Å². The van der Waals surface area contributed by atoms with Gasteiger partial charge < -0.3 is 14.6 Å². The third-order valence-electron chi connectivity index (χ3n) is 5.31. The zero-order valence-electron chi connectivity index (χ0n) is 16.2. The number of amides is 1. The highest BCUT2D eigenvalue weighted by Gasteiger charge is 2.26. The average molecular weight is 380 g/mol. The molecular formula is C23H25FN2O2. The highest BCUT2D eigenvalue weighted by Crippen LogP contribution is 2.31. The van der Waals surface area contributed by atoms with E-state index in [1.54, 1.807) is 12.1 Å². The predicted octanol–water partition coefficient (Wildman–Crippen LogP) is 4.54. The van der Waals surface area contributed by atoms with Gasteiger partial charge in [-0.15, -0.1) is 0 Å². The van der Waals surface area contributed by atoms with Crippen LogP contribution < -0.4 is 0 Å². The summed E-state index contributed by atoms with van der Waals surface area (Å²) in [5.41, 5.74) is 4.01. The van der Waals surface area contributed by atoms with Crippen LogP contribution in [-0.4, -0.2) is 41.1 Å². The molecule has 0 bridgehead atoms. The van der Waals surface area contributed by atoms with E-state index in [2.05, 4.69) is 11.1 Å². The maximum absolute atomic E-state index is 13.4. The summed E-state index contributed by atoms with van der Waals surface area (Å²) < 4.78 is 19.1. The first-order chi connectivity index (χ1) is 13.5. The molecule has 0 aliphatic carbocycles. The topological polar surface area (TPSA) is 45.3 Å². The standard InChI is InChI=1S/C23H25FN2O2/c1-15-13-26(14-16(2)28-15)22(27)12-11-20-19-5-3-4-6-21(19)25-23(20)17-7-9-18(24)10-8-17/h3-10,15-16,25H,11-14H2,1-2H3. The fraction of sp³-hybridized carbons (Fsp3) is 0.348. The van der Waals surface area contributed by atoms with E-state index in [1.807, 2.05) is 36.9 Å². The number of fused-ring (bicyclic) bond motifs is 1. The molecule has 2 unspecified atom stereocenters. The fourth-order valence-electron chi connectivity index (χ4n) is 4.09. The lowest BCUT2D eigenvalue weighted by molar-refractivity contribution is -0.143. The number of aromatic nitrogens is 1. The van der Waals surface area contributed by atoms with Crippen molar-refractivity contribution < 1.29 is 13.9 Å². The van der Waals surface area contributed by atoms with Gasteiger partial charge in [0.15, 0.2) is 0 Å². The van der Waals surface area contributed by atoms with Gasteiger partial charge in [0.05, 0.1) is 12.2 Å². The number of carbonyl (C=O) groups excluding carboxylic acids is 1. The number of halogens is 1. The van der Waals surface area contributed by atoms with Crippen LogP contribution in [0.4, 0.5) is 4.39 Å². The summed E-state index contributed by atoms with van der Waals surface area (Å²) in [6.07, 6.45) is 1.21. The van der Waals surface area contributed by atoms with E-state index in [0.29, 0.717) is 25.9 Å². The molecular weight excluding hydrogens is 355 g/mol. The lowest BCUT2D eigenvalue weighted by Crippen LogP contribution is -2.48. The number of rotatable bonds is 4. The zero-order valence-corrected chi connectivity index (χ0v) is 16.2. The highest BCUT2D eigenvalue weighted by atomic mass is 19.1. The molecule has 1 N–H and O–H groups in total. The number of hydrogen-bond donors (Lipinski definition) is 1. The minimum Gasteiger partial charge on any atom is -0.372 e. The number of benzene rings is 2. The SMILES string of the molecule is CC1CN(C(=O)CCc2c(-c3ccc(F)cc3)[nH]c3ccccc23)CC(C)O1. The molecule has 0 radical (unpaired) electrons. The van der Waals surface area contributed by atoms with E-state index >= 15 is 0 Å². The first-order valence-corrected chi connectivity index (χ1v) is 9.80. The van der Waals surface area contributed by atoms with Crippen LogP contribution in [0.5, 0.6) is 0 Å². The minimum atomic E-state index is -0.257. The van der Waals surface area contributed by atoms with Crippen LogP contribution in [0.1, 0.15) is 25.8 Å². The second kappa shape index (κ2) is 7.76. The minimum absolute atomic E-state index is 0.0653. The molecule has 4 rings (SSSR count). The lowest BCUT2D eigenvalue weighted by atomic mass is 10.0. The third-order valence-corrected chi connectivity index (χ3v) is 5.31.